The van der Waals surface area contributed by atoms with E-state index in [4.69, 9.17) is 4.74 Å². The summed E-state index contributed by atoms with van der Waals surface area (Å²) in [7, 11) is 0. The molecule has 0 aliphatic carbocycles. The molecule has 0 bridgehead atoms. The van der Waals surface area contributed by atoms with Gasteiger partial charge in [-0.15, -0.1) is 16.8 Å². The van der Waals surface area contributed by atoms with Crippen molar-refractivity contribution < 1.29 is 9.53 Å². The monoisotopic (exact) mass is 469 g/mol. The smallest absolute Gasteiger partial charge is 0.238 e. The second kappa shape index (κ2) is 9.93. The number of hydrogen-bond acceptors (Lipinski definition) is 6. The van der Waals surface area contributed by atoms with Gasteiger partial charge >= 0.3 is 0 Å². The minimum Gasteiger partial charge on any atom is -0.489 e. The highest BCUT2D eigenvalue weighted by Gasteiger charge is 2.33. The minimum atomic E-state index is -0.206. The number of carbonyl (C=O) groups is 1. The zero-order chi connectivity index (χ0) is 23.3. The lowest BCUT2D eigenvalue weighted by Gasteiger charge is -2.37. The molecule has 1 aliphatic heterocycles. The Morgan fingerprint density at radius 2 is 1.82 bits per heavy atom. The molecule has 7 nitrogen and oxygen atoms in total. The number of thioether (sulfide) groups is 1. The van der Waals surface area contributed by atoms with Gasteiger partial charge in [0, 0.05) is 24.5 Å². The molecule has 4 aromatic rings. The first-order valence-corrected chi connectivity index (χ1v) is 11.9. The Morgan fingerprint density at radius 3 is 2.62 bits per heavy atom. The molecular formula is C26H23N5O2S. The number of ether oxygens (including phenoxy) is 1. The van der Waals surface area contributed by atoms with Crippen molar-refractivity contribution in [3.05, 3.63) is 97.3 Å². The lowest BCUT2D eigenvalue weighted by atomic mass is 10.0. The van der Waals surface area contributed by atoms with E-state index in [1.165, 1.54) is 11.8 Å². The summed E-state index contributed by atoms with van der Waals surface area (Å²) in [6.45, 7) is 4.80. The van der Waals surface area contributed by atoms with Crippen LogP contribution in [0.3, 0.4) is 0 Å². The fraction of sp³-hybridized carbons (Fsp3) is 0.154. The molecule has 8 heteroatoms. The fourth-order valence-corrected chi connectivity index (χ4v) is 4.82. The largest absolute Gasteiger partial charge is 0.489 e. The number of rotatable bonds is 7. The van der Waals surface area contributed by atoms with Crippen molar-refractivity contribution in [2.24, 2.45) is 0 Å². The molecule has 0 N–H and O–H groups in total. The molecule has 0 saturated heterocycles. The quantitative estimate of drug-likeness (QED) is 0.286. The van der Waals surface area contributed by atoms with Crippen LogP contribution in [-0.2, 0) is 11.3 Å². The van der Waals surface area contributed by atoms with Gasteiger partial charge in [0.2, 0.25) is 5.91 Å². The molecule has 2 aromatic heterocycles. The Kier molecular flexibility index (Phi) is 6.40. The number of anilines is 1. The number of benzene rings is 2. The van der Waals surface area contributed by atoms with Crippen LogP contribution in [0.25, 0.3) is 11.4 Å². The van der Waals surface area contributed by atoms with Crippen molar-refractivity contribution in [1.82, 2.24) is 19.7 Å². The Bertz CT molecular complexity index is 1290. The fourth-order valence-electron chi connectivity index (χ4n) is 4.02. The van der Waals surface area contributed by atoms with Crippen molar-refractivity contribution in [2.75, 3.05) is 17.3 Å². The second-order valence-electron chi connectivity index (χ2n) is 7.70. The van der Waals surface area contributed by atoms with Crippen LogP contribution in [0.5, 0.6) is 5.75 Å². The lowest BCUT2D eigenvalue weighted by molar-refractivity contribution is -0.117. The van der Waals surface area contributed by atoms with Crippen molar-refractivity contribution in [1.29, 1.82) is 0 Å². The molecule has 0 fully saturated rings. The zero-order valence-electron chi connectivity index (χ0n) is 18.4. The number of pyridine rings is 1. The van der Waals surface area contributed by atoms with Crippen LogP contribution in [0.15, 0.2) is 96.9 Å². The molecule has 5 rings (SSSR count). The van der Waals surface area contributed by atoms with Gasteiger partial charge < -0.3 is 4.74 Å². The van der Waals surface area contributed by atoms with Gasteiger partial charge in [0.15, 0.2) is 11.0 Å². The van der Waals surface area contributed by atoms with E-state index in [-0.39, 0.29) is 17.7 Å². The van der Waals surface area contributed by atoms with E-state index in [1.54, 1.807) is 18.5 Å². The van der Waals surface area contributed by atoms with Crippen molar-refractivity contribution in [3.8, 4) is 17.1 Å². The maximum absolute atomic E-state index is 13.6. The highest BCUT2D eigenvalue weighted by molar-refractivity contribution is 7.99. The molecular weight excluding hydrogens is 446 g/mol. The minimum absolute atomic E-state index is 0.0202. The number of amides is 1. The molecule has 1 aliphatic rings. The van der Waals surface area contributed by atoms with Gasteiger partial charge in [-0.1, -0.05) is 60.3 Å². The number of aromatic nitrogens is 4. The topological polar surface area (TPSA) is 73.1 Å². The maximum atomic E-state index is 13.6. The van der Waals surface area contributed by atoms with Crippen LogP contribution < -0.4 is 9.64 Å². The molecule has 34 heavy (non-hydrogen) atoms. The molecule has 0 radical (unpaired) electrons. The van der Waals surface area contributed by atoms with Crippen LogP contribution in [0, 0.1) is 0 Å². The maximum Gasteiger partial charge on any atom is 0.238 e. The Balaban J connectivity index is 1.42. The van der Waals surface area contributed by atoms with Crippen molar-refractivity contribution in [3.63, 3.8) is 0 Å². The number of allylic oxidation sites excluding steroid dienone is 1. The molecule has 0 spiro atoms. The van der Waals surface area contributed by atoms with E-state index >= 15 is 0 Å². The predicted octanol–water partition coefficient (Wildman–Crippen LogP) is 4.79. The first-order chi connectivity index (χ1) is 16.8. The molecule has 1 amide bonds. The first kappa shape index (κ1) is 21.9. The number of hydrogen-bond donors (Lipinski definition) is 0. The summed E-state index contributed by atoms with van der Waals surface area (Å²) in [6.07, 6.45) is 5.24. The molecule has 170 valence electrons. The van der Waals surface area contributed by atoms with Gasteiger partial charge in [-0.25, -0.2) is 0 Å². The normalized spacial score (nSPS) is 14.8. The summed E-state index contributed by atoms with van der Waals surface area (Å²) in [5, 5.41) is 9.39. The highest BCUT2D eigenvalue weighted by Crippen LogP contribution is 2.40. The third-order valence-corrected chi connectivity index (χ3v) is 6.53. The number of para-hydroxylation sites is 2. The SMILES string of the molecule is C=CCn1c(SCC(=O)N2c3ccccc3OC[C@@H]2c2ccccc2)nnc1-c1ccncc1. The second-order valence-corrected chi connectivity index (χ2v) is 8.64. The summed E-state index contributed by atoms with van der Waals surface area (Å²) in [4.78, 5) is 19.5. The van der Waals surface area contributed by atoms with E-state index in [2.05, 4.69) is 21.8 Å². The number of fused-ring (bicyclic) bond motifs is 1. The average molecular weight is 470 g/mol. The van der Waals surface area contributed by atoms with E-state index in [0.717, 1.165) is 22.6 Å². The Labute approximate surface area is 202 Å². The van der Waals surface area contributed by atoms with Crippen LogP contribution in [-0.4, -0.2) is 38.0 Å². The van der Waals surface area contributed by atoms with Crippen LogP contribution in [0.2, 0.25) is 0 Å². The van der Waals surface area contributed by atoms with E-state index in [1.807, 2.05) is 76.2 Å². The van der Waals surface area contributed by atoms with Crippen molar-refractivity contribution in [2.45, 2.75) is 17.7 Å². The van der Waals surface area contributed by atoms with Crippen LogP contribution >= 0.6 is 11.8 Å². The highest BCUT2D eigenvalue weighted by atomic mass is 32.2. The summed E-state index contributed by atoms with van der Waals surface area (Å²) in [5.41, 5.74) is 2.72. The average Bonchev–Trinajstić information content (AvgIpc) is 3.30. The molecule has 0 saturated carbocycles. The molecule has 1 atom stereocenters. The molecule has 2 aromatic carbocycles. The molecule has 0 unspecified atom stereocenters. The van der Waals surface area contributed by atoms with Crippen molar-refractivity contribution >= 4 is 23.4 Å². The summed E-state index contributed by atoms with van der Waals surface area (Å²) in [6, 6.07) is 21.2. The van der Waals surface area contributed by atoms with E-state index in [0.29, 0.717) is 24.1 Å². The zero-order valence-corrected chi connectivity index (χ0v) is 19.3. The standard InChI is InChI=1S/C26H23N5O2S/c1-2-16-30-25(20-12-14-27-15-13-20)28-29-26(30)34-18-24(32)31-21-10-6-7-11-23(21)33-17-22(31)19-8-4-3-5-9-19/h2-15,22H,1,16-18H2/t22-/m1/s1. The third-order valence-electron chi connectivity index (χ3n) is 5.58. The van der Waals surface area contributed by atoms with E-state index in [9.17, 15) is 4.79 Å². The van der Waals surface area contributed by atoms with Gasteiger partial charge in [0.1, 0.15) is 12.4 Å². The Morgan fingerprint density at radius 1 is 1.06 bits per heavy atom. The van der Waals surface area contributed by atoms with Gasteiger partial charge in [-0.3, -0.25) is 19.2 Å². The summed E-state index contributed by atoms with van der Waals surface area (Å²) < 4.78 is 7.95. The van der Waals surface area contributed by atoms with Gasteiger partial charge in [-0.2, -0.15) is 0 Å². The number of carbonyl (C=O) groups excluding carboxylic acids is 1. The Hall–Kier alpha value is -3.91. The first-order valence-electron chi connectivity index (χ1n) is 10.9. The predicted molar refractivity (Wildman–Crippen MR) is 133 cm³/mol. The lowest BCUT2D eigenvalue weighted by Crippen LogP contribution is -2.42. The van der Waals surface area contributed by atoms with Gasteiger partial charge in [0.05, 0.1) is 17.5 Å². The van der Waals surface area contributed by atoms with Crippen LogP contribution in [0.4, 0.5) is 5.69 Å². The summed E-state index contributed by atoms with van der Waals surface area (Å²) >= 11 is 1.37. The van der Waals surface area contributed by atoms with Gasteiger partial charge in [0.25, 0.3) is 0 Å². The summed E-state index contributed by atoms with van der Waals surface area (Å²) in [5.74, 6) is 1.62. The number of nitrogens with zero attached hydrogens (tertiary/aromatic N) is 5. The van der Waals surface area contributed by atoms with Crippen LogP contribution in [0.1, 0.15) is 11.6 Å². The van der Waals surface area contributed by atoms with E-state index < -0.39 is 0 Å². The van der Waals surface area contributed by atoms with Gasteiger partial charge in [-0.05, 0) is 29.8 Å². The molecule has 3 heterocycles. The third kappa shape index (κ3) is 4.32.